The van der Waals surface area contributed by atoms with E-state index in [1.807, 2.05) is 42.2 Å². The molecule has 3 fully saturated rings. The summed E-state index contributed by atoms with van der Waals surface area (Å²) in [7, 11) is 1.64. The number of likely N-dealkylation sites (tertiary alicyclic amines) is 3. The van der Waals surface area contributed by atoms with Crippen molar-refractivity contribution in [3.63, 3.8) is 0 Å². The van der Waals surface area contributed by atoms with Gasteiger partial charge in [0.2, 0.25) is 0 Å². The summed E-state index contributed by atoms with van der Waals surface area (Å²) in [6.45, 7) is 4.81. The fourth-order valence-corrected chi connectivity index (χ4v) is 8.50. The molecule has 0 saturated carbocycles. The van der Waals surface area contributed by atoms with Crippen LogP contribution in [-0.4, -0.2) is 117 Å². The number of aromatic nitrogens is 1. The predicted octanol–water partition coefficient (Wildman–Crippen LogP) is 3.58. The predicted molar refractivity (Wildman–Crippen MR) is 188 cm³/mol. The molecule has 0 spiro atoms. The lowest BCUT2D eigenvalue weighted by atomic mass is 9.99. The van der Waals surface area contributed by atoms with Crippen LogP contribution in [-0.2, 0) is 34.2 Å². The molecule has 4 aliphatic heterocycles. The van der Waals surface area contributed by atoms with E-state index in [-0.39, 0.29) is 30.4 Å². The molecular weight excluding hydrogens is 656 g/mol. The van der Waals surface area contributed by atoms with Gasteiger partial charge >= 0.3 is 23.8 Å². The van der Waals surface area contributed by atoms with Gasteiger partial charge in [0.15, 0.2) is 11.7 Å². The summed E-state index contributed by atoms with van der Waals surface area (Å²) in [5.74, 6) is -1.59. The molecule has 0 aliphatic carbocycles. The van der Waals surface area contributed by atoms with Crippen molar-refractivity contribution in [3.05, 3.63) is 63.6 Å². The molecule has 14 heteroatoms. The number of carboxylic acid groups (broad SMARTS) is 1. The SMILES string of the molecule is Cc1cc(C[C@@H](OC(=O)N2CCC(N3CCc4ccccc4NC3=O)CC2)C(=O)N2CCC(N3CCC[C@@H]3C(=O)O)CC2)cc2oc(=O)n(C)c12. The largest absolute Gasteiger partial charge is 0.480 e. The molecule has 51 heavy (non-hydrogen) atoms. The summed E-state index contributed by atoms with van der Waals surface area (Å²) in [5.41, 5.74) is 4.49. The average Bonchev–Trinajstić information content (AvgIpc) is 3.68. The Hall–Kier alpha value is -4.85. The molecular formula is C37H46N6O8. The first-order chi connectivity index (χ1) is 24.6. The maximum Gasteiger partial charge on any atom is 0.419 e. The molecule has 3 aromatic rings. The number of piperidine rings is 2. The molecule has 14 nitrogen and oxygen atoms in total. The van der Waals surface area contributed by atoms with Crippen LogP contribution in [0.25, 0.3) is 11.1 Å². The number of hydrogen-bond acceptors (Lipinski definition) is 8. The summed E-state index contributed by atoms with van der Waals surface area (Å²) in [6, 6.07) is 10.8. The number of aliphatic carboxylic acids is 1. The van der Waals surface area contributed by atoms with Gasteiger partial charge in [-0.1, -0.05) is 24.3 Å². The molecule has 3 saturated heterocycles. The van der Waals surface area contributed by atoms with Gasteiger partial charge in [0, 0.05) is 64.0 Å². The van der Waals surface area contributed by atoms with E-state index < -0.39 is 30.0 Å². The monoisotopic (exact) mass is 702 g/mol. The highest BCUT2D eigenvalue weighted by Crippen LogP contribution is 2.29. The van der Waals surface area contributed by atoms with Gasteiger partial charge in [-0.3, -0.25) is 19.1 Å². The number of amides is 4. The number of rotatable bonds is 7. The third kappa shape index (κ3) is 7.06. The van der Waals surface area contributed by atoms with Crippen LogP contribution < -0.4 is 11.1 Å². The highest BCUT2D eigenvalue weighted by atomic mass is 16.6. The van der Waals surface area contributed by atoms with Gasteiger partial charge < -0.3 is 34.3 Å². The van der Waals surface area contributed by atoms with Gasteiger partial charge in [-0.05, 0) is 87.2 Å². The summed E-state index contributed by atoms with van der Waals surface area (Å²) >= 11 is 0. The number of nitrogens with one attached hydrogen (secondary N) is 1. The Kier molecular flexibility index (Phi) is 9.77. The molecule has 5 heterocycles. The van der Waals surface area contributed by atoms with E-state index in [0.29, 0.717) is 81.5 Å². The molecule has 4 amide bonds. The molecule has 2 atom stereocenters. The van der Waals surface area contributed by atoms with Crippen molar-refractivity contribution in [3.8, 4) is 0 Å². The zero-order valence-corrected chi connectivity index (χ0v) is 29.2. The van der Waals surface area contributed by atoms with E-state index in [9.17, 15) is 29.1 Å². The van der Waals surface area contributed by atoms with Crippen molar-refractivity contribution < 1.29 is 33.4 Å². The quantitative estimate of drug-likeness (QED) is 0.376. The van der Waals surface area contributed by atoms with Crippen molar-refractivity contribution in [1.29, 1.82) is 0 Å². The minimum absolute atomic E-state index is 0.0337. The van der Waals surface area contributed by atoms with Gasteiger partial charge in [0.05, 0.1) is 5.52 Å². The molecule has 0 radical (unpaired) electrons. The summed E-state index contributed by atoms with van der Waals surface area (Å²) < 4.78 is 12.9. The Bertz CT molecular complexity index is 1870. The lowest BCUT2D eigenvalue weighted by molar-refractivity contribution is -0.146. The second-order valence-corrected chi connectivity index (χ2v) is 14.3. The van der Waals surface area contributed by atoms with Gasteiger partial charge in [-0.15, -0.1) is 0 Å². The van der Waals surface area contributed by atoms with Crippen LogP contribution in [0.15, 0.2) is 45.6 Å². The Balaban J connectivity index is 1.03. The van der Waals surface area contributed by atoms with Crippen LogP contribution >= 0.6 is 0 Å². The zero-order valence-electron chi connectivity index (χ0n) is 29.2. The number of hydrogen-bond donors (Lipinski definition) is 2. The standard InChI is InChI=1S/C37H46N6O8/c1-23-20-24(21-30-32(23)39(2)36(48)50-30)22-31(33(44)40-15-10-26(11-16-40)42-14-5-8-29(42)34(45)46)51-37(49)41-17-12-27(13-18-41)43-19-9-25-6-3-4-7-28(25)38-35(43)47/h3-4,6-7,20-21,26-27,29,31H,5,8-19,22H2,1-2H3,(H,38,47)(H,45,46)/t29-,31-/m1/s1. The molecule has 0 bridgehead atoms. The van der Waals surface area contributed by atoms with E-state index in [4.69, 9.17) is 9.15 Å². The average molecular weight is 703 g/mol. The van der Waals surface area contributed by atoms with E-state index in [0.717, 1.165) is 36.2 Å². The number of para-hydroxylation sites is 1. The lowest BCUT2D eigenvalue weighted by Crippen LogP contribution is -2.53. The second-order valence-electron chi connectivity index (χ2n) is 14.3. The first kappa shape index (κ1) is 34.6. The number of aryl methyl sites for hydroxylation is 2. The van der Waals surface area contributed by atoms with Crippen molar-refractivity contribution in [1.82, 2.24) is 24.2 Å². The minimum atomic E-state index is -1.12. The summed E-state index contributed by atoms with van der Waals surface area (Å²) in [4.78, 5) is 72.3. The fraction of sp³-hybridized carbons (Fsp3) is 0.541. The van der Waals surface area contributed by atoms with E-state index >= 15 is 0 Å². The molecule has 4 aliphatic rings. The number of nitrogens with zero attached hydrogens (tertiary/aromatic N) is 5. The number of carbonyl (C=O) groups is 4. The number of carbonyl (C=O) groups excluding carboxylic acids is 3. The van der Waals surface area contributed by atoms with Crippen LogP contribution in [0, 0.1) is 6.92 Å². The molecule has 1 aromatic heterocycles. The Morgan fingerprint density at radius 2 is 1.65 bits per heavy atom. The Morgan fingerprint density at radius 1 is 0.941 bits per heavy atom. The topological polar surface area (TPSA) is 158 Å². The Morgan fingerprint density at radius 3 is 2.39 bits per heavy atom. The van der Waals surface area contributed by atoms with Crippen LogP contribution in [0.3, 0.4) is 0 Å². The first-order valence-corrected chi connectivity index (χ1v) is 18.0. The molecule has 0 unspecified atom stereocenters. The highest BCUT2D eigenvalue weighted by Gasteiger charge is 2.39. The summed E-state index contributed by atoms with van der Waals surface area (Å²) in [5, 5.41) is 12.7. The van der Waals surface area contributed by atoms with Crippen LogP contribution in [0.1, 0.15) is 55.2 Å². The van der Waals surface area contributed by atoms with E-state index in [1.165, 1.54) is 4.57 Å². The summed E-state index contributed by atoms with van der Waals surface area (Å²) in [6.07, 6.45) is 3.06. The normalized spacial score (nSPS) is 21.3. The number of ether oxygens (including phenoxy) is 1. The smallest absolute Gasteiger partial charge is 0.419 e. The highest BCUT2D eigenvalue weighted by molar-refractivity contribution is 5.91. The number of oxazole rings is 1. The number of benzene rings is 2. The maximum absolute atomic E-state index is 14.1. The number of fused-ring (bicyclic) bond motifs is 2. The third-order valence-electron chi connectivity index (χ3n) is 11.2. The van der Waals surface area contributed by atoms with Crippen molar-refractivity contribution in [2.75, 3.05) is 44.6 Å². The maximum atomic E-state index is 14.1. The van der Waals surface area contributed by atoms with Crippen molar-refractivity contribution >= 4 is 40.8 Å². The van der Waals surface area contributed by atoms with Gasteiger partial charge in [-0.25, -0.2) is 14.4 Å². The zero-order chi connectivity index (χ0) is 35.8. The molecule has 2 N–H and O–H groups in total. The minimum Gasteiger partial charge on any atom is -0.480 e. The van der Waals surface area contributed by atoms with Crippen LogP contribution in [0.4, 0.5) is 15.3 Å². The van der Waals surface area contributed by atoms with Gasteiger partial charge in [0.1, 0.15) is 6.04 Å². The van der Waals surface area contributed by atoms with E-state index in [2.05, 4.69) is 10.2 Å². The second kappa shape index (κ2) is 14.4. The number of carboxylic acids is 1. The van der Waals surface area contributed by atoms with Crippen molar-refractivity contribution in [2.24, 2.45) is 7.05 Å². The van der Waals surface area contributed by atoms with Gasteiger partial charge in [-0.2, -0.15) is 0 Å². The van der Waals surface area contributed by atoms with E-state index in [1.54, 1.807) is 22.9 Å². The van der Waals surface area contributed by atoms with Crippen molar-refractivity contribution in [2.45, 2.75) is 82.5 Å². The van der Waals surface area contributed by atoms with Crippen LogP contribution in [0.2, 0.25) is 0 Å². The molecule has 2 aromatic carbocycles. The Labute approximate surface area is 295 Å². The van der Waals surface area contributed by atoms with Gasteiger partial charge in [0.25, 0.3) is 5.91 Å². The molecule has 7 rings (SSSR count). The number of anilines is 1. The number of urea groups is 1. The lowest BCUT2D eigenvalue weighted by Gasteiger charge is -2.40. The first-order valence-electron chi connectivity index (χ1n) is 18.0. The molecule has 272 valence electrons. The third-order valence-corrected chi connectivity index (χ3v) is 11.2. The fourth-order valence-electron chi connectivity index (χ4n) is 8.50. The van der Waals surface area contributed by atoms with Crippen LogP contribution in [0.5, 0.6) is 0 Å².